The van der Waals surface area contributed by atoms with Gasteiger partial charge in [-0.15, -0.1) is 24.0 Å². The van der Waals surface area contributed by atoms with Gasteiger partial charge in [0.25, 0.3) is 0 Å². The summed E-state index contributed by atoms with van der Waals surface area (Å²) in [6.07, 6.45) is 6.56. The smallest absolute Gasteiger partial charge is 0.193 e. The number of rotatable bonds is 7. The van der Waals surface area contributed by atoms with Gasteiger partial charge in [0, 0.05) is 26.7 Å². The maximum Gasteiger partial charge on any atom is 0.193 e. The fourth-order valence-electron chi connectivity index (χ4n) is 1.64. The van der Waals surface area contributed by atoms with Crippen LogP contribution in [0.25, 0.3) is 0 Å². The molecule has 0 aliphatic rings. The van der Waals surface area contributed by atoms with E-state index in [9.17, 15) is 0 Å². The molecule has 0 heterocycles. The second-order valence-electron chi connectivity index (χ2n) is 4.59. The summed E-state index contributed by atoms with van der Waals surface area (Å²) in [5.41, 5.74) is 0. The highest BCUT2D eigenvalue weighted by molar-refractivity contribution is 14.0. The molecule has 4 heteroatoms. The van der Waals surface area contributed by atoms with Crippen molar-refractivity contribution in [1.29, 1.82) is 0 Å². The average molecular weight is 355 g/mol. The molecule has 0 aromatic carbocycles. The zero-order valence-electron chi connectivity index (χ0n) is 12.1. The van der Waals surface area contributed by atoms with Gasteiger partial charge in [0.1, 0.15) is 0 Å². The summed E-state index contributed by atoms with van der Waals surface area (Å²) in [4.78, 5) is 6.49. The third-order valence-corrected chi connectivity index (χ3v) is 2.60. The zero-order chi connectivity index (χ0) is 12.4. The molecule has 0 saturated carbocycles. The molecule has 104 valence electrons. The van der Waals surface area contributed by atoms with E-state index in [-0.39, 0.29) is 24.0 Å². The van der Waals surface area contributed by atoms with Gasteiger partial charge >= 0.3 is 0 Å². The highest BCUT2D eigenvalue weighted by atomic mass is 127. The Morgan fingerprint density at radius 3 is 2.29 bits per heavy atom. The van der Waals surface area contributed by atoms with Crippen LogP contribution >= 0.6 is 24.0 Å². The number of halogens is 1. The minimum Gasteiger partial charge on any atom is -0.354 e. The van der Waals surface area contributed by atoms with Crippen molar-refractivity contribution in [3.05, 3.63) is 0 Å². The molecule has 0 fully saturated rings. The summed E-state index contributed by atoms with van der Waals surface area (Å²) in [7, 11) is 4.07. The van der Waals surface area contributed by atoms with E-state index in [0.717, 1.165) is 12.5 Å². The number of nitrogens with one attached hydrogen (secondary N) is 1. The molecular weight excluding hydrogens is 325 g/mol. The summed E-state index contributed by atoms with van der Waals surface area (Å²) in [6.45, 7) is 7.39. The first-order valence-corrected chi connectivity index (χ1v) is 6.60. The first-order chi connectivity index (χ1) is 7.61. The molecule has 0 bridgehead atoms. The van der Waals surface area contributed by atoms with Crippen LogP contribution in [0.3, 0.4) is 0 Å². The van der Waals surface area contributed by atoms with E-state index in [4.69, 9.17) is 0 Å². The summed E-state index contributed by atoms with van der Waals surface area (Å²) < 4.78 is 0. The number of nitrogens with zero attached hydrogens (tertiary/aromatic N) is 2. The molecule has 0 aliphatic heterocycles. The van der Waals surface area contributed by atoms with Crippen molar-refractivity contribution >= 4 is 29.9 Å². The average Bonchev–Trinajstić information content (AvgIpc) is 2.23. The van der Waals surface area contributed by atoms with Crippen LogP contribution in [0.1, 0.15) is 52.9 Å². The Kier molecular flexibility index (Phi) is 14.2. The van der Waals surface area contributed by atoms with Crippen molar-refractivity contribution < 1.29 is 0 Å². The summed E-state index contributed by atoms with van der Waals surface area (Å²) >= 11 is 0. The first-order valence-electron chi connectivity index (χ1n) is 6.60. The van der Waals surface area contributed by atoms with Crippen molar-refractivity contribution in [3.8, 4) is 0 Å². The number of unbranched alkanes of at least 4 members (excludes halogenated alkanes) is 3. The van der Waals surface area contributed by atoms with Crippen LogP contribution in [-0.2, 0) is 0 Å². The van der Waals surface area contributed by atoms with Crippen molar-refractivity contribution in [2.45, 2.75) is 58.9 Å². The van der Waals surface area contributed by atoms with Crippen molar-refractivity contribution in [2.24, 2.45) is 4.99 Å². The van der Waals surface area contributed by atoms with Gasteiger partial charge in [-0.2, -0.15) is 0 Å². The van der Waals surface area contributed by atoms with Crippen molar-refractivity contribution in [1.82, 2.24) is 10.2 Å². The predicted octanol–water partition coefficient (Wildman–Crippen LogP) is 3.49. The molecule has 1 N–H and O–H groups in total. The fourth-order valence-corrected chi connectivity index (χ4v) is 1.64. The monoisotopic (exact) mass is 355 g/mol. The Bertz CT molecular complexity index is 193. The zero-order valence-corrected chi connectivity index (χ0v) is 14.5. The lowest BCUT2D eigenvalue weighted by Gasteiger charge is -2.22. The standard InChI is InChI=1S/C13H29N3.HI/c1-6-8-9-10-11-12(3)15-13(14-7-2)16(4)5;/h12H,6-11H2,1-5H3,(H,14,15);1H. The fraction of sp³-hybridized carbons (Fsp3) is 0.923. The molecule has 1 unspecified atom stereocenters. The second-order valence-corrected chi connectivity index (χ2v) is 4.59. The second kappa shape index (κ2) is 12.5. The van der Waals surface area contributed by atoms with Crippen LogP contribution in [0.4, 0.5) is 0 Å². The molecule has 17 heavy (non-hydrogen) atoms. The molecule has 0 spiro atoms. The van der Waals surface area contributed by atoms with Gasteiger partial charge in [-0.05, 0) is 20.3 Å². The Labute approximate surface area is 124 Å². The number of aliphatic imine (C=N–C) groups is 1. The minimum atomic E-state index is 0. The molecule has 0 aromatic rings. The van der Waals surface area contributed by atoms with Gasteiger partial charge in [0.2, 0.25) is 0 Å². The topological polar surface area (TPSA) is 27.6 Å². The lowest BCUT2D eigenvalue weighted by atomic mass is 10.1. The van der Waals surface area contributed by atoms with E-state index < -0.39 is 0 Å². The van der Waals surface area contributed by atoms with E-state index in [1.807, 2.05) is 19.0 Å². The Morgan fingerprint density at radius 2 is 1.82 bits per heavy atom. The quantitative estimate of drug-likeness (QED) is 0.328. The van der Waals surface area contributed by atoms with E-state index in [1.54, 1.807) is 0 Å². The third kappa shape index (κ3) is 10.9. The maximum absolute atomic E-state index is 4.44. The summed E-state index contributed by atoms with van der Waals surface area (Å²) in [6, 6.07) is 0.518. The van der Waals surface area contributed by atoms with Gasteiger partial charge in [-0.3, -0.25) is 4.99 Å². The number of guanidine groups is 1. The highest BCUT2D eigenvalue weighted by Gasteiger charge is 2.06. The molecule has 0 rings (SSSR count). The van der Waals surface area contributed by atoms with Gasteiger partial charge in [-0.1, -0.05) is 32.6 Å². The Balaban J connectivity index is 0. The van der Waals surface area contributed by atoms with Crippen molar-refractivity contribution in [3.63, 3.8) is 0 Å². The van der Waals surface area contributed by atoms with Crippen LogP contribution < -0.4 is 5.32 Å². The minimum absolute atomic E-state index is 0. The van der Waals surface area contributed by atoms with Crippen molar-refractivity contribution in [2.75, 3.05) is 20.6 Å². The Hall–Kier alpha value is 0. The summed E-state index contributed by atoms with van der Waals surface area (Å²) in [5.74, 6) is 1.01. The maximum atomic E-state index is 4.44. The highest BCUT2D eigenvalue weighted by Crippen LogP contribution is 2.05. The predicted molar refractivity (Wildman–Crippen MR) is 88.4 cm³/mol. The van der Waals surface area contributed by atoms with E-state index in [0.29, 0.717) is 6.04 Å². The van der Waals surface area contributed by atoms with Crippen LogP contribution in [0, 0.1) is 0 Å². The lowest BCUT2D eigenvalue weighted by Crippen LogP contribution is -2.41. The first kappa shape index (κ1) is 19.3. The molecule has 0 aromatic heterocycles. The van der Waals surface area contributed by atoms with E-state index in [2.05, 4.69) is 31.1 Å². The molecule has 0 radical (unpaired) electrons. The molecular formula is C13H30IN3. The molecule has 1 atom stereocenters. The van der Waals surface area contributed by atoms with E-state index >= 15 is 0 Å². The van der Waals surface area contributed by atoms with Crippen LogP contribution in [-0.4, -0.2) is 37.5 Å². The van der Waals surface area contributed by atoms with Crippen LogP contribution in [0.5, 0.6) is 0 Å². The normalized spacial score (nSPS) is 12.9. The summed E-state index contributed by atoms with van der Waals surface area (Å²) in [5, 5.41) is 3.47. The largest absolute Gasteiger partial charge is 0.354 e. The molecule has 0 saturated heterocycles. The lowest BCUT2D eigenvalue weighted by molar-refractivity contribution is 0.503. The molecule has 0 aliphatic carbocycles. The van der Waals surface area contributed by atoms with Gasteiger partial charge < -0.3 is 10.2 Å². The third-order valence-electron chi connectivity index (χ3n) is 2.60. The van der Waals surface area contributed by atoms with Crippen LogP contribution in [0.2, 0.25) is 0 Å². The number of hydrogen-bond acceptors (Lipinski definition) is 1. The SMILES string of the molecule is CCCCCCC(C)NC(=NCC)N(C)C.I. The number of hydrogen-bond donors (Lipinski definition) is 1. The van der Waals surface area contributed by atoms with Gasteiger partial charge in [-0.25, -0.2) is 0 Å². The van der Waals surface area contributed by atoms with Crippen LogP contribution in [0.15, 0.2) is 4.99 Å². The van der Waals surface area contributed by atoms with Gasteiger partial charge in [0.05, 0.1) is 0 Å². The van der Waals surface area contributed by atoms with Gasteiger partial charge in [0.15, 0.2) is 5.96 Å². The molecule has 0 amide bonds. The van der Waals surface area contributed by atoms with E-state index in [1.165, 1.54) is 32.1 Å². The Morgan fingerprint density at radius 1 is 1.18 bits per heavy atom. The molecule has 3 nitrogen and oxygen atoms in total.